The largest absolute Gasteiger partial charge is 0.490 e. The third-order valence-corrected chi connectivity index (χ3v) is 3.65. The van der Waals surface area contributed by atoms with Crippen LogP contribution in [0.4, 0.5) is 11.4 Å². The Labute approximate surface area is 116 Å². The van der Waals surface area contributed by atoms with Crippen LogP contribution in [0.3, 0.4) is 0 Å². The van der Waals surface area contributed by atoms with Crippen LogP contribution in [0.5, 0.6) is 5.75 Å². The van der Waals surface area contributed by atoms with Crippen molar-refractivity contribution in [3.05, 3.63) is 28.3 Å². The highest BCUT2D eigenvalue weighted by Crippen LogP contribution is 2.35. The van der Waals surface area contributed by atoms with Crippen molar-refractivity contribution in [1.29, 1.82) is 0 Å². The van der Waals surface area contributed by atoms with Crippen molar-refractivity contribution in [2.45, 2.75) is 25.0 Å². The van der Waals surface area contributed by atoms with E-state index in [1.807, 2.05) is 0 Å². The molecule has 0 saturated carbocycles. The number of aliphatic hydroxyl groups is 1. The molecule has 0 amide bonds. The molecule has 0 spiro atoms. The highest BCUT2D eigenvalue weighted by atomic mass is 16.6. The van der Waals surface area contributed by atoms with Crippen LogP contribution < -0.4 is 10.1 Å². The standard InChI is InChI=1S/C13H18N2O5/c1-9-13(16,6-7-20-9)8-14-10-4-3-5-11(19-2)12(10)15(17)18/h3-5,9,14,16H,6-8H2,1-2H3. The Balaban J connectivity index is 2.19. The predicted molar refractivity (Wildman–Crippen MR) is 73.1 cm³/mol. The number of hydrogen-bond acceptors (Lipinski definition) is 6. The molecule has 2 N–H and O–H groups in total. The van der Waals surface area contributed by atoms with Gasteiger partial charge in [0.1, 0.15) is 11.3 Å². The molecule has 7 heteroatoms. The molecule has 2 rings (SSSR count). The normalized spacial score (nSPS) is 25.4. The molecule has 7 nitrogen and oxygen atoms in total. The van der Waals surface area contributed by atoms with E-state index >= 15 is 0 Å². The van der Waals surface area contributed by atoms with Gasteiger partial charge in [0, 0.05) is 19.6 Å². The Hall–Kier alpha value is -1.86. The number of para-hydroxylation sites is 1. The van der Waals surface area contributed by atoms with Gasteiger partial charge in [-0.3, -0.25) is 10.1 Å². The fourth-order valence-electron chi connectivity index (χ4n) is 2.27. The number of hydrogen-bond donors (Lipinski definition) is 2. The molecule has 1 saturated heterocycles. The maximum Gasteiger partial charge on any atom is 0.333 e. The van der Waals surface area contributed by atoms with Gasteiger partial charge in [0.05, 0.1) is 18.1 Å². The summed E-state index contributed by atoms with van der Waals surface area (Å²) in [7, 11) is 1.38. The molecule has 1 aromatic rings. The van der Waals surface area contributed by atoms with Gasteiger partial charge in [-0.15, -0.1) is 0 Å². The number of benzene rings is 1. The zero-order valence-corrected chi connectivity index (χ0v) is 11.5. The van der Waals surface area contributed by atoms with Gasteiger partial charge in [0.2, 0.25) is 0 Å². The Bertz CT molecular complexity index is 508. The molecule has 0 aliphatic carbocycles. The van der Waals surface area contributed by atoms with Crippen LogP contribution >= 0.6 is 0 Å². The Morgan fingerprint density at radius 2 is 2.40 bits per heavy atom. The summed E-state index contributed by atoms with van der Waals surface area (Å²) in [6.45, 7) is 2.45. The third-order valence-electron chi connectivity index (χ3n) is 3.65. The first kappa shape index (κ1) is 14.5. The third kappa shape index (κ3) is 2.68. The van der Waals surface area contributed by atoms with Crippen molar-refractivity contribution in [3.63, 3.8) is 0 Å². The summed E-state index contributed by atoms with van der Waals surface area (Å²) in [4.78, 5) is 10.6. The summed E-state index contributed by atoms with van der Waals surface area (Å²) in [6, 6.07) is 4.77. The van der Waals surface area contributed by atoms with Gasteiger partial charge >= 0.3 is 5.69 Å². The van der Waals surface area contributed by atoms with E-state index in [2.05, 4.69) is 5.32 Å². The number of nitrogens with zero attached hydrogens (tertiary/aromatic N) is 1. The molecule has 1 aliphatic rings. The van der Waals surface area contributed by atoms with E-state index in [4.69, 9.17) is 9.47 Å². The summed E-state index contributed by atoms with van der Waals surface area (Å²) >= 11 is 0. The van der Waals surface area contributed by atoms with E-state index in [1.165, 1.54) is 13.2 Å². The summed E-state index contributed by atoms with van der Waals surface area (Å²) in [5.74, 6) is 0.183. The Morgan fingerprint density at radius 3 is 2.95 bits per heavy atom. The molecule has 110 valence electrons. The molecule has 2 atom stereocenters. The van der Waals surface area contributed by atoms with Crippen LogP contribution in [0.1, 0.15) is 13.3 Å². The van der Waals surface area contributed by atoms with Crippen molar-refractivity contribution in [3.8, 4) is 5.75 Å². The Kier molecular flexibility index (Phi) is 4.10. The number of nitrogens with one attached hydrogen (secondary N) is 1. The lowest BCUT2D eigenvalue weighted by Crippen LogP contribution is -2.43. The lowest BCUT2D eigenvalue weighted by atomic mass is 9.96. The van der Waals surface area contributed by atoms with Crippen LogP contribution in [-0.4, -0.2) is 42.0 Å². The van der Waals surface area contributed by atoms with Crippen LogP contribution in [0, 0.1) is 10.1 Å². The van der Waals surface area contributed by atoms with E-state index in [0.29, 0.717) is 18.7 Å². The minimum Gasteiger partial charge on any atom is -0.490 e. The number of rotatable bonds is 5. The average Bonchev–Trinajstić information content (AvgIpc) is 2.76. The number of nitro benzene ring substituents is 1. The lowest BCUT2D eigenvalue weighted by molar-refractivity contribution is -0.384. The first-order valence-corrected chi connectivity index (χ1v) is 6.37. The van der Waals surface area contributed by atoms with Gasteiger partial charge in [-0.25, -0.2) is 0 Å². The second-order valence-electron chi connectivity index (χ2n) is 4.83. The van der Waals surface area contributed by atoms with Crippen molar-refractivity contribution >= 4 is 11.4 Å². The second kappa shape index (κ2) is 5.64. The molecule has 2 unspecified atom stereocenters. The predicted octanol–water partition coefficient (Wildman–Crippen LogP) is 1.56. The van der Waals surface area contributed by atoms with Crippen LogP contribution in [0.25, 0.3) is 0 Å². The lowest BCUT2D eigenvalue weighted by Gasteiger charge is -2.26. The van der Waals surface area contributed by atoms with Gasteiger partial charge in [-0.05, 0) is 19.1 Å². The first-order chi connectivity index (χ1) is 9.48. The fraction of sp³-hybridized carbons (Fsp3) is 0.538. The maximum absolute atomic E-state index is 11.1. The van der Waals surface area contributed by atoms with E-state index < -0.39 is 10.5 Å². The van der Waals surface area contributed by atoms with Gasteiger partial charge in [-0.1, -0.05) is 6.07 Å². The molecule has 0 aromatic heterocycles. The monoisotopic (exact) mass is 282 g/mol. The molecule has 1 heterocycles. The van der Waals surface area contributed by atoms with Gasteiger partial charge in [0.15, 0.2) is 5.75 Å². The fourth-order valence-corrected chi connectivity index (χ4v) is 2.27. The van der Waals surface area contributed by atoms with Gasteiger partial charge in [-0.2, -0.15) is 0 Å². The number of nitro groups is 1. The number of anilines is 1. The second-order valence-corrected chi connectivity index (χ2v) is 4.83. The number of methoxy groups -OCH3 is 1. The molecule has 1 fully saturated rings. The summed E-state index contributed by atoms with van der Waals surface area (Å²) < 4.78 is 10.3. The van der Waals surface area contributed by atoms with E-state index in [-0.39, 0.29) is 24.1 Å². The zero-order chi connectivity index (χ0) is 14.8. The molecule has 1 aromatic carbocycles. The van der Waals surface area contributed by atoms with Crippen molar-refractivity contribution in [2.24, 2.45) is 0 Å². The number of ether oxygens (including phenoxy) is 2. The summed E-state index contributed by atoms with van der Waals surface area (Å²) in [5.41, 5.74) is -0.830. The SMILES string of the molecule is COc1cccc(NCC2(O)CCOC2C)c1[N+](=O)[O-]. The van der Waals surface area contributed by atoms with Crippen molar-refractivity contribution in [1.82, 2.24) is 0 Å². The van der Waals surface area contributed by atoms with Crippen molar-refractivity contribution < 1.29 is 19.5 Å². The average molecular weight is 282 g/mol. The molecule has 0 bridgehead atoms. The van der Waals surface area contributed by atoms with Crippen LogP contribution in [0.2, 0.25) is 0 Å². The van der Waals surface area contributed by atoms with Crippen molar-refractivity contribution in [2.75, 3.05) is 25.6 Å². The van der Waals surface area contributed by atoms with E-state index in [1.54, 1.807) is 19.1 Å². The topological polar surface area (TPSA) is 93.9 Å². The van der Waals surface area contributed by atoms with Gasteiger partial charge in [0.25, 0.3) is 0 Å². The quantitative estimate of drug-likeness (QED) is 0.628. The maximum atomic E-state index is 11.1. The minimum atomic E-state index is -1.02. The Morgan fingerprint density at radius 1 is 1.65 bits per heavy atom. The zero-order valence-electron chi connectivity index (χ0n) is 11.5. The molecule has 20 heavy (non-hydrogen) atoms. The molecule has 0 radical (unpaired) electrons. The van der Waals surface area contributed by atoms with E-state index in [9.17, 15) is 15.2 Å². The highest BCUT2D eigenvalue weighted by molar-refractivity contribution is 5.68. The molecular weight excluding hydrogens is 264 g/mol. The first-order valence-electron chi connectivity index (χ1n) is 6.37. The smallest absolute Gasteiger partial charge is 0.333 e. The molecule has 1 aliphatic heterocycles. The summed E-state index contributed by atoms with van der Waals surface area (Å²) in [5, 5.41) is 24.5. The molecular formula is C13H18N2O5. The van der Waals surface area contributed by atoms with E-state index in [0.717, 1.165) is 0 Å². The highest BCUT2D eigenvalue weighted by Gasteiger charge is 2.39. The van der Waals surface area contributed by atoms with Gasteiger partial charge < -0.3 is 19.9 Å². The minimum absolute atomic E-state index is 0.134. The van der Waals surface area contributed by atoms with Crippen LogP contribution in [0.15, 0.2) is 18.2 Å². The summed E-state index contributed by atoms with van der Waals surface area (Å²) in [6.07, 6.45) is 0.193. The van der Waals surface area contributed by atoms with Crippen LogP contribution in [-0.2, 0) is 4.74 Å².